The van der Waals surface area contributed by atoms with Crippen molar-refractivity contribution in [1.29, 1.82) is 0 Å². The summed E-state index contributed by atoms with van der Waals surface area (Å²) in [5, 5.41) is 0. The van der Waals surface area contributed by atoms with Gasteiger partial charge < -0.3 is 0 Å². The molecule has 1 aromatic rings. The first kappa shape index (κ1) is 12.2. The van der Waals surface area contributed by atoms with Gasteiger partial charge in [-0.3, -0.25) is 0 Å². The first-order valence-electron chi connectivity index (χ1n) is 4.98. The van der Waals surface area contributed by atoms with Crippen LogP contribution in [0.25, 0.3) is 0 Å². The Morgan fingerprint density at radius 1 is 1.07 bits per heavy atom. The van der Waals surface area contributed by atoms with Gasteiger partial charge in [-0.05, 0) is 46.2 Å². The molecule has 0 heterocycles. The molecule has 1 aromatic carbocycles. The van der Waals surface area contributed by atoms with Crippen molar-refractivity contribution >= 4 is 9.84 Å². The van der Waals surface area contributed by atoms with Gasteiger partial charge in [-0.25, -0.2) is 8.42 Å². The molecule has 84 valence electrons. The summed E-state index contributed by atoms with van der Waals surface area (Å²) in [6.07, 6.45) is 0. The normalized spacial score (nSPS) is 12.9. The van der Waals surface area contributed by atoms with Crippen LogP contribution in [0.1, 0.15) is 31.9 Å². The number of rotatable bonds is 1. The molecule has 0 bridgehead atoms. The highest BCUT2D eigenvalue weighted by Crippen LogP contribution is 2.27. The largest absolute Gasteiger partial charge is 0.223 e. The van der Waals surface area contributed by atoms with Crippen LogP contribution in [0.4, 0.5) is 0 Å². The highest BCUT2D eigenvalue weighted by molar-refractivity contribution is 7.92. The minimum absolute atomic E-state index is 0.445. The summed E-state index contributed by atoms with van der Waals surface area (Å²) in [7, 11) is -3.22. The minimum Gasteiger partial charge on any atom is -0.223 e. The lowest BCUT2D eigenvalue weighted by Crippen LogP contribution is -2.28. The van der Waals surface area contributed by atoms with Crippen LogP contribution in [0, 0.1) is 13.8 Å². The summed E-state index contributed by atoms with van der Waals surface area (Å²) < 4.78 is 23.6. The predicted octanol–water partition coefficient (Wildman–Crippen LogP) is 2.88. The van der Waals surface area contributed by atoms with Gasteiger partial charge in [0.15, 0.2) is 9.84 Å². The molecule has 0 fully saturated rings. The van der Waals surface area contributed by atoms with Crippen molar-refractivity contribution in [1.82, 2.24) is 0 Å². The van der Waals surface area contributed by atoms with Crippen molar-refractivity contribution < 1.29 is 8.42 Å². The van der Waals surface area contributed by atoms with Crippen LogP contribution in [0.3, 0.4) is 0 Å². The summed E-state index contributed by atoms with van der Waals surface area (Å²) in [5.41, 5.74) is 1.91. The average molecular weight is 226 g/mol. The first-order valence-corrected chi connectivity index (χ1v) is 6.46. The molecule has 0 radical (unpaired) electrons. The second-order valence-electron chi connectivity index (χ2n) is 4.88. The molecule has 0 N–H and O–H groups in total. The number of hydrogen-bond donors (Lipinski definition) is 0. The fourth-order valence-electron chi connectivity index (χ4n) is 1.43. The van der Waals surface area contributed by atoms with Gasteiger partial charge in [-0.1, -0.05) is 17.7 Å². The van der Waals surface area contributed by atoms with E-state index in [1.165, 1.54) is 0 Å². The smallest absolute Gasteiger partial charge is 0.183 e. The monoisotopic (exact) mass is 226 g/mol. The van der Waals surface area contributed by atoms with Crippen molar-refractivity contribution in [2.45, 2.75) is 44.3 Å². The number of hydrogen-bond acceptors (Lipinski definition) is 2. The van der Waals surface area contributed by atoms with Gasteiger partial charge in [0.05, 0.1) is 9.64 Å². The Morgan fingerprint density at radius 2 is 1.60 bits per heavy atom. The zero-order chi connectivity index (χ0) is 11.9. The maximum atomic E-state index is 12.2. The van der Waals surface area contributed by atoms with E-state index in [9.17, 15) is 8.42 Å². The lowest BCUT2D eigenvalue weighted by molar-refractivity contribution is 0.559. The molecule has 0 unspecified atom stereocenters. The molecule has 1 rings (SSSR count). The van der Waals surface area contributed by atoms with Gasteiger partial charge in [0, 0.05) is 0 Å². The zero-order valence-corrected chi connectivity index (χ0v) is 10.8. The molecule has 0 saturated heterocycles. The topological polar surface area (TPSA) is 34.1 Å². The molecular weight excluding hydrogens is 208 g/mol. The van der Waals surface area contributed by atoms with Crippen molar-refractivity contribution in [3.63, 3.8) is 0 Å². The van der Waals surface area contributed by atoms with Crippen molar-refractivity contribution in [3.05, 3.63) is 29.3 Å². The third-order valence-corrected chi connectivity index (χ3v) is 5.08. The molecular formula is C12H18O2S. The van der Waals surface area contributed by atoms with Crippen molar-refractivity contribution in [2.24, 2.45) is 0 Å². The lowest BCUT2D eigenvalue weighted by atomic mass is 10.2. The Bertz CT molecular complexity index is 465. The minimum atomic E-state index is -3.22. The Hall–Kier alpha value is -0.830. The van der Waals surface area contributed by atoms with E-state index >= 15 is 0 Å². The van der Waals surface area contributed by atoms with Crippen LogP contribution < -0.4 is 0 Å². The Balaban J connectivity index is 3.42. The van der Waals surface area contributed by atoms with Crippen LogP contribution >= 0.6 is 0 Å². The van der Waals surface area contributed by atoms with Crippen molar-refractivity contribution in [2.75, 3.05) is 0 Å². The van der Waals surface area contributed by atoms with Crippen LogP contribution in [0.15, 0.2) is 23.1 Å². The van der Waals surface area contributed by atoms with E-state index in [2.05, 4.69) is 0 Å². The standard InChI is InChI=1S/C12H18O2S/c1-9-6-7-11(10(2)8-9)15(13,14)12(3,4)5/h6-8H,1-5H3. The van der Waals surface area contributed by atoms with E-state index in [1.54, 1.807) is 26.8 Å². The van der Waals surface area contributed by atoms with Gasteiger partial charge in [0.2, 0.25) is 0 Å². The van der Waals surface area contributed by atoms with Gasteiger partial charge in [0.25, 0.3) is 0 Å². The quantitative estimate of drug-likeness (QED) is 0.738. The Kier molecular flexibility index (Phi) is 2.97. The highest BCUT2D eigenvalue weighted by Gasteiger charge is 2.31. The summed E-state index contributed by atoms with van der Waals surface area (Å²) in [6, 6.07) is 5.44. The third kappa shape index (κ3) is 2.23. The maximum absolute atomic E-state index is 12.2. The molecule has 0 aliphatic heterocycles. The number of sulfone groups is 1. The van der Waals surface area contributed by atoms with E-state index in [1.807, 2.05) is 26.0 Å². The van der Waals surface area contributed by atoms with Crippen molar-refractivity contribution in [3.8, 4) is 0 Å². The third-order valence-electron chi connectivity index (χ3n) is 2.43. The molecule has 0 atom stereocenters. The Labute approximate surface area is 92.2 Å². The van der Waals surface area contributed by atoms with E-state index in [0.29, 0.717) is 4.90 Å². The van der Waals surface area contributed by atoms with Gasteiger partial charge in [-0.15, -0.1) is 0 Å². The van der Waals surface area contributed by atoms with Crippen LogP contribution in [-0.2, 0) is 9.84 Å². The SMILES string of the molecule is Cc1ccc(S(=O)(=O)C(C)(C)C)c(C)c1. The number of aryl methyl sites for hydroxylation is 2. The molecule has 2 nitrogen and oxygen atoms in total. The molecule has 0 spiro atoms. The average Bonchev–Trinajstić information content (AvgIpc) is 2.00. The second-order valence-corrected chi connectivity index (χ2v) is 7.56. The molecule has 0 aromatic heterocycles. The predicted molar refractivity (Wildman–Crippen MR) is 62.9 cm³/mol. The zero-order valence-electron chi connectivity index (χ0n) is 9.96. The molecule has 0 aliphatic carbocycles. The van der Waals surface area contributed by atoms with Gasteiger partial charge >= 0.3 is 0 Å². The summed E-state index contributed by atoms with van der Waals surface area (Å²) in [5.74, 6) is 0. The number of benzene rings is 1. The van der Waals surface area contributed by atoms with Gasteiger partial charge in [0.1, 0.15) is 0 Å². The fourth-order valence-corrected chi connectivity index (χ4v) is 2.82. The molecule has 0 amide bonds. The summed E-state index contributed by atoms with van der Waals surface area (Å²) >= 11 is 0. The van der Waals surface area contributed by atoms with E-state index in [4.69, 9.17) is 0 Å². The molecule has 15 heavy (non-hydrogen) atoms. The highest BCUT2D eigenvalue weighted by atomic mass is 32.2. The molecule has 3 heteroatoms. The molecule has 0 saturated carbocycles. The summed E-state index contributed by atoms with van der Waals surface area (Å²) in [6.45, 7) is 8.97. The van der Waals surface area contributed by atoms with Gasteiger partial charge in [-0.2, -0.15) is 0 Å². The fraction of sp³-hybridized carbons (Fsp3) is 0.500. The van der Waals surface area contributed by atoms with Crippen LogP contribution in [0.2, 0.25) is 0 Å². The van der Waals surface area contributed by atoms with E-state index in [0.717, 1.165) is 11.1 Å². The van der Waals surface area contributed by atoms with Crippen LogP contribution in [-0.4, -0.2) is 13.2 Å². The Morgan fingerprint density at radius 3 is 2.00 bits per heavy atom. The summed E-state index contributed by atoms with van der Waals surface area (Å²) in [4.78, 5) is 0.445. The second kappa shape index (κ2) is 3.63. The first-order chi connectivity index (χ1) is 6.66. The van der Waals surface area contributed by atoms with Crippen LogP contribution in [0.5, 0.6) is 0 Å². The lowest BCUT2D eigenvalue weighted by Gasteiger charge is -2.20. The van der Waals surface area contributed by atoms with E-state index in [-0.39, 0.29) is 0 Å². The molecule has 0 aliphatic rings. The maximum Gasteiger partial charge on any atom is 0.183 e. The van der Waals surface area contributed by atoms with E-state index < -0.39 is 14.6 Å².